The summed E-state index contributed by atoms with van der Waals surface area (Å²) in [5.41, 5.74) is 5.56. The lowest BCUT2D eigenvalue weighted by molar-refractivity contribution is 0.0233. The zero-order valence-electron chi connectivity index (χ0n) is 13.1. The van der Waals surface area contributed by atoms with Crippen LogP contribution in [0.15, 0.2) is 65.3 Å². The Balaban J connectivity index is 1.66. The van der Waals surface area contributed by atoms with Gasteiger partial charge in [0.2, 0.25) is 0 Å². The van der Waals surface area contributed by atoms with Gasteiger partial charge in [-0.15, -0.1) is 0 Å². The Morgan fingerprint density at radius 3 is 2.58 bits per heavy atom. The first-order valence-corrected chi connectivity index (χ1v) is 8.21. The first-order valence-electron chi connectivity index (χ1n) is 7.42. The number of carbonyl (C=O) groups is 1. The number of hydrogen-bond acceptors (Lipinski definition) is 3. The van der Waals surface area contributed by atoms with Crippen molar-refractivity contribution in [2.45, 2.75) is 13.5 Å². The smallest absolute Gasteiger partial charge is 0.269 e. The van der Waals surface area contributed by atoms with Crippen molar-refractivity contribution in [2.75, 3.05) is 0 Å². The third kappa shape index (κ3) is 3.72. The van der Waals surface area contributed by atoms with Crippen molar-refractivity contribution in [1.82, 2.24) is 15.3 Å². The molecule has 6 heteroatoms. The molecule has 2 aromatic carbocycles. The summed E-state index contributed by atoms with van der Waals surface area (Å²) in [4.78, 5) is 17.5. The minimum absolute atomic E-state index is 0.312. The number of nitrogens with zero attached hydrogens (tertiary/aromatic N) is 2. The number of hydroxylamine groups is 1. The molecule has 1 amide bonds. The van der Waals surface area contributed by atoms with E-state index in [4.69, 9.17) is 4.84 Å². The van der Waals surface area contributed by atoms with Crippen molar-refractivity contribution in [1.29, 1.82) is 0 Å². The topological polar surface area (TPSA) is 56.1 Å². The molecule has 1 aromatic heterocycles. The Morgan fingerprint density at radius 1 is 1.17 bits per heavy atom. The van der Waals surface area contributed by atoms with Crippen molar-refractivity contribution in [3.8, 4) is 5.69 Å². The minimum Gasteiger partial charge on any atom is -0.269 e. The minimum atomic E-state index is -0.313. The number of hydrogen-bond donors (Lipinski definition) is 1. The van der Waals surface area contributed by atoms with Crippen LogP contribution in [0.1, 0.15) is 21.6 Å². The van der Waals surface area contributed by atoms with Crippen LogP contribution >= 0.6 is 15.9 Å². The van der Waals surface area contributed by atoms with E-state index in [1.165, 1.54) is 0 Å². The molecule has 0 unspecified atom stereocenters. The van der Waals surface area contributed by atoms with Crippen LogP contribution in [0.4, 0.5) is 0 Å². The molecule has 24 heavy (non-hydrogen) atoms. The monoisotopic (exact) mass is 385 g/mol. The van der Waals surface area contributed by atoms with Gasteiger partial charge >= 0.3 is 0 Å². The number of benzene rings is 2. The van der Waals surface area contributed by atoms with Crippen molar-refractivity contribution in [3.05, 3.63) is 82.1 Å². The first kappa shape index (κ1) is 16.4. The molecular weight excluding hydrogens is 370 g/mol. The maximum atomic E-state index is 12.3. The van der Waals surface area contributed by atoms with Crippen LogP contribution in [-0.2, 0) is 11.4 Å². The Kier molecular flexibility index (Phi) is 5.08. The van der Waals surface area contributed by atoms with Crippen molar-refractivity contribution >= 4 is 21.8 Å². The van der Waals surface area contributed by atoms with Crippen LogP contribution in [0.3, 0.4) is 0 Å². The number of aromatic nitrogens is 2. The van der Waals surface area contributed by atoms with E-state index in [-0.39, 0.29) is 5.91 Å². The van der Waals surface area contributed by atoms with Crippen molar-refractivity contribution < 1.29 is 9.63 Å². The molecule has 3 aromatic rings. The maximum absolute atomic E-state index is 12.3. The summed E-state index contributed by atoms with van der Waals surface area (Å²) in [6, 6.07) is 17.4. The molecule has 1 heterocycles. The molecule has 0 radical (unpaired) electrons. The molecule has 0 saturated heterocycles. The molecular formula is C18H16BrN3O2. The lowest BCUT2D eigenvalue weighted by Gasteiger charge is -2.07. The van der Waals surface area contributed by atoms with Gasteiger partial charge in [0, 0.05) is 4.47 Å². The number of amides is 1. The van der Waals surface area contributed by atoms with Crippen molar-refractivity contribution in [2.24, 2.45) is 0 Å². The molecule has 0 bridgehead atoms. The van der Waals surface area contributed by atoms with E-state index in [1.807, 2.05) is 61.5 Å². The van der Waals surface area contributed by atoms with Gasteiger partial charge in [0.15, 0.2) is 0 Å². The summed E-state index contributed by atoms with van der Waals surface area (Å²) in [6.07, 6.45) is 1.54. The highest BCUT2D eigenvalue weighted by Gasteiger charge is 2.15. The zero-order chi connectivity index (χ0) is 16.9. The summed E-state index contributed by atoms with van der Waals surface area (Å²) in [5, 5.41) is 4.29. The van der Waals surface area contributed by atoms with Crippen LogP contribution in [0.5, 0.6) is 0 Å². The fourth-order valence-corrected chi connectivity index (χ4v) is 2.55. The molecule has 0 aliphatic rings. The SMILES string of the molecule is Cc1c(C(=O)NOCc2ccccc2)cnn1-c1ccc(Br)cc1. The van der Waals surface area contributed by atoms with Crippen molar-refractivity contribution in [3.63, 3.8) is 0 Å². The van der Waals surface area contributed by atoms with Gasteiger partial charge in [0.1, 0.15) is 0 Å². The van der Waals surface area contributed by atoms with Crippen LogP contribution in [0.25, 0.3) is 5.69 Å². The fraction of sp³-hybridized carbons (Fsp3) is 0.111. The van der Waals surface area contributed by atoms with Gasteiger partial charge in [-0.1, -0.05) is 46.3 Å². The fourth-order valence-electron chi connectivity index (χ4n) is 2.29. The highest BCUT2D eigenvalue weighted by Crippen LogP contribution is 2.17. The highest BCUT2D eigenvalue weighted by atomic mass is 79.9. The summed E-state index contributed by atoms with van der Waals surface area (Å²) < 4.78 is 2.71. The quantitative estimate of drug-likeness (QED) is 0.679. The van der Waals surface area contributed by atoms with Gasteiger partial charge < -0.3 is 0 Å². The van der Waals surface area contributed by atoms with Crippen LogP contribution in [0, 0.1) is 6.92 Å². The molecule has 0 saturated carbocycles. The van der Waals surface area contributed by atoms with Crippen LogP contribution < -0.4 is 5.48 Å². The summed E-state index contributed by atoms with van der Waals surface area (Å²) in [6.45, 7) is 2.16. The van der Waals surface area contributed by atoms with Gasteiger partial charge in [-0.25, -0.2) is 10.2 Å². The van der Waals surface area contributed by atoms with Gasteiger partial charge in [0.05, 0.1) is 29.7 Å². The third-order valence-corrected chi connectivity index (χ3v) is 4.10. The molecule has 0 atom stereocenters. The third-order valence-electron chi connectivity index (χ3n) is 3.57. The summed E-state index contributed by atoms with van der Waals surface area (Å²) in [7, 11) is 0. The number of halogens is 1. The number of rotatable bonds is 5. The maximum Gasteiger partial charge on any atom is 0.278 e. The molecule has 0 aliphatic heterocycles. The molecule has 122 valence electrons. The van der Waals surface area contributed by atoms with E-state index in [0.29, 0.717) is 12.2 Å². The second-order valence-electron chi connectivity index (χ2n) is 5.24. The summed E-state index contributed by atoms with van der Waals surface area (Å²) >= 11 is 3.40. The molecule has 0 spiro atoms. The van der Waals surface area contributed by atoms with Crippen LogP contribution in [0.2, 0.25) is 0 Å². The lowest BCUT2D eigenvalue weighted by Crippen LogP contribution is -2.24. The summed E-state index contributed by atoms with van der Waals surface area (Å²) in [5.74, 6) is -0.313. The Labute approximate surface area is 148 Å². The average molecular weight is 386 g/mol. The normalized spacial score (nSPS) is 10.6. The molecule has 0 fully saturated rings. The predicted molar refractivity (Wildman–Crippen MR) is 94.7 cm³/mol. The second-order valence-corrected chi connectivity index (χ2v) is 6.15. The standard InChI is InChI=1S/C18H16BrN3O2/c1-13-17(11-20-22(13)16-9-7-15(19)8-10-16)18(23)21-24-12-14-5-3-2-4-6-14/h2-11H,12H2,1H3,(H,21,23). The van der Waals surface area contributed by atoms with E-state index in [1.54, 1.807) is 10.9 Å². The number of carbonyl (C=O) groups excluding carboxylic acids is 1. The van der Waals surface area contributed by atoms with E-state index >= 15 is 0 Å². The van der Waals surface area contributed by atoms with Crippen LogP contribution in [-0.4, -0.2) is 15.7 Å². The van der Waals surface area contributed by atoms with Gasteiger partial charge in [0.25, 0.3) is 5.91 Å². The Bertz CT molecular complexity index is 829. The predicted octanol–water partition coefficient (Wildman–Crippen LogP) is 3.80. The second kappa shape index (κ2) is 7.42. The van der Waals surface area contributed by atoms with Gasteiger partial charge in [-0.2, -0.15) is 5.10 Å². The molecule has 1 N–H and O–H groups in total. The number of nitrogens with one attached hydrogen (secondary N) is 1. The lowest BCUT2D eigenvalue weighted by atomic mass is 10.2. The highest BCUT2D eigenvalue weighted by molar-refractivity contribution is 9.10. The Morgan fingerprint density at radius 2 is 1.88 bits per heavy atom. The van der Waals surface area contributed by atoms with Gasteiger partial charge in [-0.05, 0) is 36.8 Å². The first-order chi connectivity index (χ1) is 11.6. The van der Waals surface area contributed by atoms with E-state index in [0.717, 1.165) is 21.4 Å². The molecule has 0 aliphatic carbocycles. The zero-order valence-corrected chi connectivity index (χ0v) is 14.7. The van der Waals surface area contributed by atoms with E-state index in [2.05, 4.69) is 26.5 Å². The van der Waals surface area contributed by atoms with E-state index in [9.17, 15) is 4.79 Å². The molecule has 3 rings (SSSR count). The van der Waals surface area contributed by atoms with E-state index < -0.39 is 0 Å². The van der Waals surface area contributed by atoms with Gasteiger partial charge in [-0.3, -0.25) is 9.63 Å². The average Bonchev–Trinajstić information content (AvgIpc) is 2.98. The largest absolute Gasteiger partial charge is 0.278 e. The Hall–Kier alpha value is -2.44. The molecule has 5 nitrogen and oxygen atoms in total.